The molecule has 0 atom stereocenters. The summed E-state index contributed by atoms with van der Waals surface area (Å²) in [4.78, 5) is 25.9. The van der Waals surface area contributed by atoms with E-state index in [4.69, 9.17) is 4.74 Å². The Hall–Kier alpha value is -3.45. The van der Waals surface area contributed by atoms with Crippen LogP contribution in [0.3, 0.4) is 0 Å². The first-order valence-electron chi connectivity index (χ1n) is 10.7. The van der Waals surface area contributed by atoms with Gasteiger partial charge in [0.15, 0.2) is 0 Å². The highest BCUT2D eigenvalue weighted by atomic mass is 32.1. The minimum atomic E-state index is 0.142. The largest absolute Gasteiger partial charge is 0.438 e. The number of anilines is 1. The number of amides is 1. The van der Waals surface area contributed by atoms with Gasteiger partial charge in [0.05, 0.1) is 5.39 Å². The van der Waals surface area contributed by atoms with Crippen LogP contribution in [0.15, 0.2) is 60.0 Å². The first-order chi connectivity index (χ1) is 15.6. The SMILES string of the molecule is CC(=O)N1CCN(c2ccc(Oc3nc(C)nc4scc(-c5ccccc5)c34)cc2)CC1. The van der Waals surface area contributed by atoms with Gasteiger partial charge in [0.25, 0.3) is 0 Å². The summed E-state index contributed by atoms with van der Waals surface area (Å²) >= 11 is 1.61. The Morgan fingerprint density at radius 1 is 0.969 bits per heavy atom. The molecule has 4 aromatic rings. The van der Waals surface area contributed by atoms with Gasteiger partial charge in [-0.15, -0.1) is 11.3 Å². The molecule has 0 saturated carbocycles. The van der Waals surface area contributed by atoms with Gasteiger partial charge < -0.3 is 14.5 Å². The average molecular weight is 445 g/mol. The topological polar surface area (TPSA) is 58.6 Å². The molecule has 1 aliphatic rings. The summed E-state index contributed by atoms with van der Waals surface area (Å²) in [5.41, 5.74) is 3.33. The lowest BCUT2D eigenvalue weighted by atomic mass is 10.1. The number of hydrogen-bond donors (Lipinski definition) is 0. The van der Waals surface area contributed by atoms with E-state index in [1.165, 1.54) is 0 Å². The summed E-state index contributed by atoms with van der Waals surface area (Å²) < 4.78 is 6.27. The van der Waals surface area contributed by atoms with Gasteiger partial charge in [0.1, 0.15) is 16.4 Å². The van der Waals surface area contributed by atoms with Crippen LogP contribution >= 0.6 is 11.3 Å². The van der Waals surface area contributed by atoms with Gasteiger partial charge in [-0.2, -0.15) is 4.98 Å². The van der Waals surface area contributed by atoms with Crippen LogP contribution in [0.5, 0.6) is 11.6 Å². The minimum Gasteiger partial charge on any atom is -0.438 e. The number of aromatic nitrogens is 2. The van der Waals surface area contributed by atoms with E-state index in [-0.39, 0.29) is 5.91 Å². The van der Waals surface area contributed by atoms with E-state index < -0.39 is 0 Å². The van der Waals surface area contributed by atoms with E-state index in [2.05, 4.69) is 44.5 Å². The molecule has 1 amide bonds. The molecular weight excluding hydrogens is 420 g/mol. The fourth-order valence-electron chi connectivity index (χ4n) is 4.03. The molecule has 2 aromatic carbocycles. The molecule has 1 saturated heterocycles. The second-order valence-corrected chi connectivity index (χ2v) is 8.72. The van der Waals surface area contributed by atoms with E-state index in [0.29, 0.717) is 11.7 Å². The maximum Gasteiger partial charge on any atom is 0.231 e. The molecule has 2 aromatic heterocycles. The maximum absolute atomic E-state index is 11.6. The Morgan fingerprint density at radius 2 is 1.69 bits per heavy atom. The van der Waals surface area contributed by atoms with Crippen molar-refractivity contribution in [1.82, 2.24) is 14.9 Å². The highest BCUT2D eigenvalue weighted by Gasteiger charge is 2.19. The number of thiophene rings is 1. The van der Waals surface area contributed by atoms with Crippen LogP contribution in [0.4, 0.5) is 5.69 Å². The Kier molecular flexibility index (Phi) is 5.49. The van der Waals surface area contributed by atoms with Crippen LogP contribution < -0.4 is 9.64 Å². The number of benzene rings is 2. The van der Waals surface area contributed by atoms with Crippen molar-refractivity contribution in [3.8, 4) is 22.8 Å². The Morgan fingerprint density at radius 3 is 2.38 bits per heavy atom. The number of aryl methyl sites for hydroxylation is 1. The van der Waals surface area contributed by atoms with Crippen molar-refractivity contribution in [3.05, 3.63) is 65.8 Å². The highest BCUT2D eigenvalue weighted by molar-refractivity contribution is 7.17. The molecule has 162 valence electrons. The normalized spacial score (nSPS) is 14.1. The fraction of sp³-hybridized carbons (Fsp3) is 0.240. The van der Waals surface area contributed by atoms with E-state index in [1.54, 1.807) is 18.3 Å². The molecule has 5 rings (SSSR count). The molecule has 0 N–H and O–H groups in total. The van der Waals surface area contributed by atoms with Gasteiger partial charge >= 0.3 is 0 Å². The fourth-order valence-corrected chi connectivity index (χ4v) is 5.02. The number of carbonyl (C=O) groups excluding carboxylic acids is 1. The van der Waals surface area contributed by atoms with Crippen molar-refractivity contribution in [2.75, 3.05) is 31.1 Å². The summed E-state index contributed by atoms with van der Waals surface area (Å²) in [6.45, 7) is 6.70. The van der Waals surface area contributed by atoms with Crippen molar-refractivity contribution in [2.45, 2.75) is 13.8 Å². The van der Waals surface area contributed by atoms with Gasteiger partial charge in [-0.1, -0.05) is 30.3 Å². The zero-order valence-electron chi connectivity index (χ0n) is 18.1. The van der Waals surface area contributed by atoms with Crippen molar-refractivity contribution in [3.63, 3.8) is 0 Å². The monoisotopic (exact) mass is 444 g/mol. The zero-order valence-corrected chi connectivity index (χ0v) is 18.9. The number of ether oxygens (including phenoxy) is 1. The molecule has 6 nitrogen and oxygen atoms in total. The summed E-state index contributed by atoms with van der Waals surface area (Å²) in [5.74, 6) is 2.15. The lowest BCUT2D eigenvalue weighted by molar-refractivity contribution is -0.129. The second kappa shape index (κ2) is 8.59. The first-order valence-corrected chi connectivity index (χ1v) is 11.6. The summed E-state index contributed by atoms with van der Waals surface area (Å²) in [5, 5.41) is 3.06. The molecule has 0 radical (unpaired) electrons. The van der Waals surface area contributed by atoms with Gasteiger partial charge in [0, 0.05) is 49.7 Å². The number of rotatable bonds is 4. The van der Waals surface area contributed by atoms with E-state index in [1.807, 2.05) is 42.2 Å². The number of carbonyl (C=O) groups is 1. The molecular formula is C25H24N4O2S. The molecule has 0 bridgehead atoms. The predicted molar refractivity (Wildman–Crippen MR) is 129 cm³/mol. The number of hydrogen-bond acceptors (Lipinski definition) is 6. The number of fused-ring (bicyclic) bond motifs is 1. The maximum atomic E-state index is 11.6. The Balaban J connectivity index is 1.40. The van der Waals surface area contributed by atoms with Crippen LogP contribution in [0.1, 0.15) is 12.7 Å². The second-order valence-electron chi connectivity index (χ2n) is 7.86. The lowest BCUT2D eigenvalue weighted by Crippen LogP contribution is -2.48. The Labute approximate surface area is 191 Å². The van der Waals surface area contributed by atoms with Gasteiger partial charge in [0.2, 0.25) is 11.8 Å². The molecule has 3 heterocycles. The average Bonchev–Trinajstić information content (AvgIpc) is 3.24. The molecule has 0 spiro atoms. The molecule has 1 fully saturated rings. The van der Waals surface area contributed by atoms with E-state index >= 15 is 0 Å². The number of nitrogens with zero attached hydrogens (tertiary/aromatic N) is 4. The summed E-state index contributed by atoms with van der Waals surface area (Å²) in [7, 11) is 0. The predicted octanol–water partition coefficient (Wildman–Crippen LogP) is 5.13. The van der Waals surface area contributed by atoms with Crippen LogP contribution in [-0.2, 0) is 4.79 Å². The third-order valence-corrected chi connectivity index (χ3v) is 6.61. The third kappa shape index (κ3) is 4.03. The minimum absolute atomic E-state index is 0.142. The quantitative estimate of drug-likeness (QED) is 0.437. The highest BCUT2D eigenvalue weighted by Crippen LogP contribution is 2.39. The van der Waals surface area contributed by atoms with Crippen LogP contribution in [0.2, 0.25) is 0 Å². The van der Waals surface area contributed by atoms with Crippen molar-refractivity contribution < 1.29 is 9.53 Å². The van der Waals surface area contributed by atoms with E-state index in [0.717, 1.165) is 59.0 Å². The summed E-state index contributed by atoms with van der Waals surface area (Å²) in [6.07, 6.45) is 0. The van der Waals surface area contributed by atoms with Gasteiger partial charge in [-0.05, 0) is 36.8 Å². The standard InChI is InChI=1S/C25H24N4O2S/c1-17-26-24(23-22(16-32-25(23)27-17)19-6-4-3-5-7-19)31-21-10-8-20(9-11-21)29-14-12-28(13-15-29)18(2)30/h3-11,16H,12-15H2,1-2H3. The molecule has 0 aliphatic carbocycles. The van der Waals surface area contributed by atoms with E-state index in [9.17, 15) is 4.79 Å². The van der Waals surface area contributed by atoms with Crippen LogP contribution in [0, 0.1) is 6.92 Å². The molecule has 0 unspecified atom stereocenters. The first kappa shape index (κ1) is 20.5. The smallest absolute Gasteiger partial charge is 0.231 e. The van der Waals surface area contributed by atoms with Crippen molar-refractivity contribution in [2.24, 2.45) is 0 Å². The molecule has 32 heavy (non-hydrogen) atoms. The zero-order chi connectivity index (χ0) is 22.1. The van der Waals surface area contributed by atoms with Crippen molar-refractivity contribution >= 4 is 33.1 Å². The van der Waals surface area contributed by atoms with Crippen LogP contribution in [0.25, 0.3) is 21.3 Å². The third-order valence-electron chi connectivity index (χ3n) is 5.74. The van der Waals surface area contributed by atoms with Gasteiger partial charge in [-0.3, -0.25) is 4.79 Å². The number of piperazine rings is 1. The lowest BCUT2D eigenvalue weighted by Gasteiger charge is -2.35. The molecule has 1 aliphatic heterocycles. The van der Waals surface area contributed by atoms with Crippen LogP contribution in [-0.4, -0.2) is 47.0 Å². The summed E-state index contributed by atoms with van der Waals surface area (Å²) in [6, 6.07) is 18.3. The van der Waals surface area contributed by atoms with Gasteiger partial charge in [-0.25, -0.2) is 4.98 Å². The molecule has 7 heteroatoms. The van der Waals surface area contributed by atoms with Crippen molar-refractivity contribution in [1.29, 1.82) is 0 Å². The Bertz CT molecular complexity index is 1250.